The summed E-state index contributed by atoms with van der Waals surface area (Å²) in [5.41, 5.74) is -3.80. The van der Waals surface area contributed by atoms with Gasteiger partial charge in [-0.05, 0) is 6.07 Å². The fourth-order valence-electron chi connectivity index (χ4n) is 1.75. The number of hydrogen-bond donors (Lipinski definition) is 1. The van der Waals surface area contributed by atoms with Gasteiger partial charge in [0.1, 0.15) is 0 Å². The molecule has 1 aromatic heterocycles. The van der Waals surface area contributed by atoms with E-state index < -0.39 is 51.7 Å². The lowest BCUT2D eigenvalue weighted by Gasteiger charge is -2.08. The molecule has 0 amide bonds. The summed E-state index contributed by atoms with van der Waals surface area (Å²) >= 11 is 0. The van der Waals surface area contributed by atoms with Gasteiger partial charge < -0.3 is 9.72 Å². The molecule has 0 aliphatic heterocycles. The standard InChI is InChI=1S/C13H6F5NO3/c1-22-13(21)4-2-5(12(20)19-3-4)6-7(14)9(16)11(18)10(17)8(6)15/h2-3H,1H3,(H,19,20). The molecule has 4 nitrogen and oxygen atoms in total. The van der Waals surface area contributed by atoms with Gasteiger partial charge in [-0.3, -0.25) is 4.79 Å². The minimum Gasteiger partial charge on any atom is -0.465 e. The summed E-state index contributed by atoms with van der Waals surface area (Å²) in [5.74, 6) is -12.1. The maximum absolute atomic E-state index is 13.7. The predicted molar refractivity (Wildman–Crippen MR) is 63.6 cm³/mol. The van der Waals surface area contributed by atoms with Crippen LogP contribution in [0.2, 0.25) is 0 Å². The Hall–Kier alpha value is -2.71. The van der Waals surface area contributed by atoms with E-state index in [0.717, 1.165) is 13.3 Å². The Balaban J connectivity index is 2.83. The third-order valence-corrected chi connectivity index (χ3v) is 2.80. The van der Waals surface area contributed by atoms with E-state index in [4.69, 9.17) is 0 Å². The van der Waals surface area contributed by atoms with Crippen LogP contribution in [0.15, 0.2) is 17.1 Å². The van der Waals surface area contributed by atoms with Gasteiger partial charge in [0.15, 0.2) is 23.3 Å². The third kappa shape index (κ3) is 2.34. The zero-order valence-corrected chi connectivity index (χ0v) is 10.8. The number of nitrogens with one attached hydrogen (secondary N) is 1. The van der Waals surface area contributed by atoms with Gasteiger partial charge in [0.05, 0.1) is 23.8 Å². The van der Waals surface area contributed by atoms with E-state index in [2.05, 4.69) is 4.74 Å². The highest BCUT2D eigenvalue weighted by Gasteiger charge is 2.28. The molecular weight excluding hydrogens is 313 g/mol. The van der Waals surface area contributed by atoms with Crippen molar-refractivity contribution >= 4 is 5.97 Å². The molecule has 0 fully saturated rings. The molecule has 0 saturated carbocycles. The molecule has 0 atom stereocenters. The summed E-state index contributed by atoms with van der Waals surface area (Å²) in [6.45, 7) is 0. The van der Waals surface area contributed by atoms with Crippen LogP contribution >= 0.6 is 0 Å². The number of carbonyl (C=O) groups excluding carboxylic acids is 1. The largest absolute Gasteiger partial charge is 0.465 e. The average Bonchev–Trinajstić information content (AvgIpc) is 2.52. The number of rotatable bonds is 2. The Kier molecular flexibility index (Phi) is 3.98. The van der Waals surface area contributed by atoms with Gasteiger partial charge in [0, 0.05) is 6.20 Å². The summed E-state index contributed by atoms with van der Waals surface area (Å²) < 4.78 is 71.1. The van der Waals surface area contributed by atoms with E-state index in [-0.39, 0.29) is 5.56 Å². The number of hydrogen-bond acceptors (Lipinski definition) is 3. The number of carbonyl (C=O) groups is 1. The van der Waals surface area contributed by atoms with Crippen LogP contribution in [0, 0.1) is 29.1 Å². The van der Waals surface area contributed by atoms with Crippen LogP contribution in [0.1, 0.15) is 10.4 Å². The zero-order chi connectivity index (χ0) is 16.6. The minimum absolute atomic E-state index is 0.332. The average molecular weight is 319 g/mol. The Labute approximate surface area is 119 Å². The molecule has 2 aromatic rings. The third-order valence-electron chi connectivity index (χ3n) is 2.80. The number of esters is 1. The summed E-state index contributed by atoms with van der Waals surface area (Å²) in [6, 6.07) is 0.670. The van der Waals surface area contributed by atoms with Gasteiger partial charge in [-0.1, -0.05) is 0 Å². The maximum Gasteiger partial charge on any atom is 0.339 e. The molecule has 0 unspecified atom stereocenters. The van der Waals surface area contributed by atoms with E-state index in [1.807, 2.05) is 4.98 Å². The Morgan fingerprint density at radius 2 is 1.50 bits per heavy atom. The molecule has 0 spiro atoms. The van der Waals surface area contributed by atoms with Crippen LogP contribution in [0.4, 0.5) is 22.0 Å². The highest BCUT2D eigenvalue weighted by molar-refractivity contribution is 5.90. The second-order valence-electron chi connectivity index (χ2n) is 4.07. The maximum atomic E-state index is 13.7. The molecule has 1 N–H and O–H groups in total. The molecule has 0 aliphatic carbocycles. The number of methoxy groups -OCH3 is 1. The highest BCUT2D eigenvalue weighted by Crippen LogP contribution is 2.30. The predicted octanol–water partition coefficient (Wildman–Crippen LogP) is 2.52. The number of ether oxygens (including phenoxy) is 1. The van der Waals surface area contributed by atoms with Crippen molar-refractivity contribution in [3.63, 3.8) is 0 Å². The van der Waals surface area contributed by atoms with Gasteiger partial charge in [0.25, 0.3) is 5.56 Å². The molecule has 0 radical (unpaired) electrons. The van der Waals surface area contributed by atoms with Crippen molar-refractivity contribution in [3.05, 3.63) is 57.3 Å². The second kappa shape index (κ2) is 5.58. The van der Waals surface area contributed by atoms with Crippen molar-refractivity contribution in [2.45, 2.75) is 0 Å². The van der Waals surface area contributed by atoms with Crippen LogP contribution in [0.25, 0.3) is 11.1 Å². The normalized spacial score (nSPS) is 10.6. The van der Waals surface area contributed by atoms with Crippen molar-refractivity contribution in [2.24, 2.45) is 0 Å². The van der Waals surface area contributed by atoms with Crippen LogP contribution < -0.4 is 5.56 Å². The van der Waals surface area contributed by atoms with E-state index in [9.17, 15) is 31.5 Å². The first-order valence-corrected chi connectivity index (χ1v) is 5.62. The first-order valence-electron chi connectivity index (χ1n) is 5.62. The van der Waals surface area contributed by atoms with Gasteiger partial charge in [-0.25, -0.2) is 26.7 Å². The summed E-state index contributed by atoms with van der Waals surface area (Å²) in [5, 5.41) is 0. The Morgan fingerprint density at radius 1 is 1.00 bits per heavy atom. The summed E-state index contributed by atoms with van der Waals surface area (Å²) in [4.78, 5) is 24.9. The highest BCUT2D eigenvalue weighted by atomic mass is 19.2. The van der Waals surface area contributed by atoms with Crippen molar-refractivity contribution in [1.82, 2.24) is 4.98 Å². The second-order valence-corrected chi connectivity index (χ2v) is 4.07. The number of aromatic nitrogens is 1. The summed E-state index contributed by atoms with van der Waals surface area (Å²) in [7, 11) is 1.01. The molecule has 116 valence electrons. The van der Waals surface area contributed by atoms with E-state index >= 15 is 0 Å². The molecule has 0 aliphatic rings. The fourth-order valence-corrected chi connectivity index (χ4v) is 1.75. The van der Waals surface area contributed by atoms with Crippen molar-refractivity contribution in [3.8, 4) is 11.1 Å². The number of H-pyrrole nitrogens is 1. The Bertz CT molecular complexity index is 802. The molecular formula is C13H6F5NO3. The molecule has 0 bridgehead atoms. The molecule has 1 aromatic carbocycles. The zero-order valence-electron chi connectivity index (χ0n) is 10.8. The van der Waals surface area contributed by atoms with Crippen LogP contribution in [-0.2, 0) is 4.74 Å². The molecule has 9 heteroatoms. The fraction of sp³-hybridized carbons (Fsp3) is 0.0769. The monoisotopic (exact) mass is 319 g/mol. The van der Waals surface area contributed by atoms with Crippen LogP contribution in [0.5, 0.6) is 0 Å². The topological polar surface area (TPSA) is 59.2 Å². The van der Waals surface area contributed by atoms with E-state index in [0.29, 0.717) is 6.07 Å². The van der Waals surface area contributed by atoms with E-state index in [1.54, 1.807) is 0 Å². The molecule has 2 rings (SSSR count). The summed E-state index contributed by atoms with van der Waals surface area (Å²) in [6.07, 6.45) is 0.879. The van der Waals surface area contributed by atoms with Crippen LogP contribution in [0.3, 0.4) is 0 Å². The Morgan fingerprint density at radius 3 is 2.00 bits per heavy atom. The number of pyridine rings is 1. The van der Waals surface area contributed by atoms with Gasteiger partial charge in [-0.2, -0.15) is 0 Å². The SMILES string of the molecule is COC(=O)c1c[nH]c(=O)c(-c2c(F)c(F)c(F)c(F)c2F)c1. The number of halogens is 5. The lowest BCUT2D eigenvalue weighted by molar-refractivity contribution is 0.0600. The minimum atomic E-state index is -2.35. The van der Waals surface area contributed by atoms with E-state index in [1.165, 1.54) is 0 Å². The number of aromatic amines is 1. The van der Waals surface area contributed by atoms with Crippen molar-refractivity contribution in [1.29, 1.82) is 0 Å². The van der Waals surface area contributed by atoms with Gasteiger partial charge >= 0.3 is 5.97 Å². The first kappa shape index (κ1) is 15.7. The molecule has 1 heterocycles. The van der Waals surface area contributed by atoms with Crippen LogP contribution in [-0.4, -0.2) is 18.1 Å². The lowest BCUT2D eigenvalue weighted by atomic mass is 10.0. The lowest BCUT2D eigenvalue weighted by Crippen LogP contribution is -2.15. The van der Waals surface area contributed by atoms with Crippen molar-refractivity contribution in [2.75, 3.05) is 7.11 Å². The molecule has 22 heavy (non-hydrogen) atoms. The molecule has 0 saturated heterocycles. The quantitative estimate of drug-likeness (QED) is 0.400. The van der Waals surface area contributed by atoms with Gasteiger partial charge in [0.2, 0.25) is 5.82 Å². The first-order chi connectivity index (χ1) is 10.3. The van der Waals surface area contributed by atoms with Crippen molar-refractivity contribution < 1.29 is 31.5 Å². The smallest absolute Gasteiger partial charge is 0.339 e. The van der Waals surface area contributed by atoms with Gasteiger partial charge in [-0.15, -0.1) is 0 Å². The number of benzene rings is 1.